The molecular weight excluding hydrogens is 306 g/mol. The average Bonchev–Trinajstić information content (AvgIpc) is 2.15. The molecule has 1 aromatic carbocycles. The zero-order chi connectivity index (χ0) is 10.6. The summed E-state index contributed by atoms with van der Waals surface area (Å²) in [4.78, 5) is 0. The first kappa shape index (κ1) is 11.8. The summed E-state index contributed by atoms with van der Waals surface area (Å²) in [7, 11) is 0. The van der Waals surface area contributed by atoms with Gasteiger partial charge >= 0.3 is 0 Å². The molecule has 0 radical (unpaired) electrons. The van der Waals surface area contributed by atoms with Gasteiger partial charge in [0.05, 0.1) is 6.04 Å². The van der Waals surface area contributed by atoms with Crippen LogP contribution in [0.4, 0.5) is 0 Å². The van der Waals surface area contributed by atoms with Gasteiger partial charge in [0.15, 0.2) is 0 Å². The van der Waals surface area contributed by atoms with Crippen LogP contribution in [0.15, 0.2) is 27.1 Å². The monoisotopic (exact) mass is 315 g/mol. The van der Waals surface area contributed by atoms with Crippen LogP contribution in [-0.4, -0.2) is 6.54 Å². The summed E-state index contributed by atoms with van der Waals surface area (Å²) in [6, 6.07) is 5.97. The van der Waals surface area contributed by atoms with Crippen molar-refractivity contribution in [1.29, 1.82) is 0 Å². The van der Waals surface area contributed by atoms with Crippen LogP contribution in [0.1, 0.15) is 18.5 Å². The van der Waals surface area contributed by atoms with E-state index in [-0.39, 0.29) is 6.04 Å². The van der Waals surface area contributed by atoms with Gasteiger partial charge in [0.2, 0.25) is 0 Å². The van der Waals surface area contributed by atoms with Crippen molar-refractivity contribution in [2.45, 2.75) is 13.0 Å². The van der Waals surface area contributed by atoms with Gasteiger partial charge in [-0.2, -0.15) is 0 Å². The summed E-state index contributed by atoms with van der Waals surface area (Å²) in [6.45, 7) is 2.90. The van der Waals surface area contributed by atoms with Crippen LogP contribution in [0.25, 0.3) is 0 Å². The summed E-state index contributed by atoms with van der Waals surface area (Å²) < 4.78 is 2.07. The van der Waals surface area contributed by atoms with Gasteiger partial charge in [0, 0.05) is 8.95 Å². The van der Waals surface area contributed by atoms with Crippen LogP contribution in [0.2, 0.25) is 0 Å². The Morgan fingerprint density at radius 1 is 1.50 bits per heavy atom. The van der Waals surface area contributed by atoms with E-state index in [1.807, 2.05) is 25.1 Å². The topological polar surface area (TPSA) is 12.0 Å². The van der Waals surface area contributed by atoms with Gasteiger partial charge in [0.25, 0.3) is 0 Å². The lowest BCUT2D eigenvalue weighted by molar-refractivity contribution is 0.662. The van der Waals surface area contributed by atoms with Crippen LogP contribution in [0, 0.1) is 12.3 Å². The van der Waals surface area contributed by atoms with Gasteiger partial charge < -0.3 is 5.32 Å². The summed E-state index contributed by atoms with van der Waals surface area (Å²) in [5, 5.41) is 3.23. The van der Waals surface area contributed by atoms with Crippen LogP contribution in [-0.2, 0) is 0 Å². The van der Waals surface area contributed by atoms with E-state index < -0.39 is 0 Å². The number of terminal acetylenes is 1. The first-order chi connectivity index (χ1) is 6.69. The van der Waals surface area contributed by atoms with Crippen molar-refractivity contribution in [3.8, 4) is 12.3 Å². The van der Waals surface area contributed by atoms with Crippen LogP contribution in [0.3, 0.4) is 0 Å². The second-order valence-electron chi connectivity index (χ2n) is 2.82. The van der Waals surface area contributed by atoms with E-state index in [4.69, 9.17) is 6.42 Å². The number of benzene rings is 1. The Hall–Kier alpha value is -0.300. The third-order valence-electron chi connectivity index (χ3n) is 1.85. The third-order valence-corrected chi connectivity index (χ3v) is 3.03. The van der Waals surface area contributed by atoms with Crippen molar-refractivity contribution in [2.75, 3.05) is 6.54 Å². The van der Waals surface area contributed by atoms with Crippen molar-refractivity contribution in [3.05, 3.63) is 32.7 Å². The lowest BCUT2D eigenvalue weighted by Gasteiger charge is -2.13. The summed E-state index contributed by atoms with van der Waals surface area (Å²) >= 11 is 6.90. The highest BCUT2D eigenvalue weighted by atomic mass is 79.9. The number of halogens is 2. The number of hydrogen-bond donors (Lipinski definition) is 1. The van der Waals surface area contributed by atoms with Crippen molar-refractivity contribution in [1.82, 2.24) is 5.32 Å². The van der Waals surface area contributed by atoms with Crippen LogP contribution in [0.5, 0.6) is 0 Å². The number of nitrogens with one attached hydrogen (secondary N) is 1. The van der Waals surface area contributed by atoms with Gasteiger partial charge in [-0.05, 0) is 24.2 Å². The minimum absolute atomic E-state index is 0.0255. The minimum atomic E-state index is -0.0255. The average molecular weight is 317 g/mol. The predicted octanol–water partition coefficient (Wildman–Crippen LogP) is 3.50. The standard InChI is InChI=1S/C11H11Br2N/c1-3-11(14-4-2)9-6-5-8(12)7-10(9)13/h1,5-7,11,14H,4H2,2H3. The van der Waals surface area contributed by atoms with Gasteiger partial charge in [0.1, 0.15) is 0 Å². The molecule has 14 heavy (non-hydrogen) atoms. The Morgan fingerprint density at radius 2 is 2.21 bits per heavy atom. The van der Waals surface area contributed by atoms with Gasteiger partial charge in [-0.15, -0.1) is 6.42 Å². The molecule has 1 nitrogen and oxygen atoms in total. The van der Waals surface area contributed by atoms with Gasteiger partial charge in [-0.25, -0.2) is 0 Å². The second kappa shape index (κ2) is 5.55. The Kier molecular flexibility index (Phi) is 4.67. The summed E-state index contributed by atoms with van der Waals surface area (Å²) in [6.07, 6.45) is 5.45. The van der Waals surface area contributed by atoms with Crippen LogP contribution < -0.4 is 5.32 Å². The highest BCUT2D eigenvalue weighted by molar-refractivity contribution is 9.11. The molecule has 0 saturated heterocycles. The van der Waals surface area contributed by atoms with E-state index in [0.717, 1.165) is 21.1 Å². The third kappa shape index (κ3) is 2.84. The minimum Gasteiger partial charge on any atom is -0.300 e. The lowest BCUT2D eigenvalue weighted by atomic mass is 10.1. The largest absolute Gasteiger partial charge is 0.300 e. The molecule has 0 spiro atoms. The summed E-state index contributed by atoms with van der Waals surface area (Å²) in [5.41, 5.74) is 1.09. The maximum atomic E-state index is 5.45. The fraction of sp³-hybridized carbons (Fsp3) is 0.273. The molecule has 0 aliphatic rings. The molecule has 0 aromatic heterocycles. The van der Waals surface area contributed by atoms with E-state index in [1.165, 1.54) is 0 Å². The molecule has 0 fully saturated rings. The maximum absolute atomic E-state index is 5.45. The maximum Gasteiger partial charge on any atom is 0.0954 e. The van der Waals surface area contributed by atoms with Crippen molar-refractivity contribution in [2.24, 2.45) is 0 Å². The molecule has 0 aliphatic carbocycles. The molecule has 3 heteroatoms. The first-order valence-corrected chi connectivity index (χ1v) is 5.92. The smallest absolute Gasteiger partial charge is 0.0954 e. The number of hydrogen-bond acceptors (Lipinski definition) is 1. The molecule has 0 amide bonds. The molecule has 0 heterocycles. The molecule has 0 aliphatic heterocycles. The van der Waals surface area contributed by atoms with E-state index in [0.29, 0.717) is 0 Å². The SMILES string of the molecule is C#CC(NCC)c1ccc(Br)cc1Br. The molecule has 1 aromatic rings. The highest BCUT2D eigenvalue weighted by Gasteiger charge is 2.10. The van der Waals surface area contributed by atoms with Crippen LogP contribution >= 0.6 is 31.9 Å². The zero-order valence-corrected chi connectivity index (χ0v) is 11.0. The van der Waals surface area contributed by atoms with E-state index in [9.17, 15) is 0 Å². The van der Waals surface area contributed by atoms with E-state index in [1.54, 1.807) is 0 Å². The second-order valence-corrected chi connectivity index (χ2v) is 4.59. The fourth-order valence-electron chi connectivity index (χ4n) is 1.20. The molecule has 1 N–H and O–H groups in total. The van der Waals surface area contributed by atoms with Gasteiger partial charge in [-0.3, -0.25) is 0 Å². The molecular formula is C11H11Br2N. The highest BCUT2D eigenvalue weighted by Crippen LogP contribution is 2.26. The first-order valence-electron chi connectivity index (χ1n) is 4.33. The fourth-order valence-corrected chi connectivity index (χ4v) is 2.47. The molecule has 1 unspecified atom stereocenters. The van der Waals surface area contributed by atoms with E-state index >= 15 is 0 Å². The lowest BCUT2D eigenvalue weighted by Crippen LogP contribution is -2.19. The zero-order valence-electron chi connectivity index (χ0n) is 7.85. The number of rotatable bonds is 3. The predicted molar refractivity (Wildman–Crippen MR) is 67.1 cm³/mol. The quantitative estimate of drug-likeness (QED) is 0.842. The Bertz CT molecular complexity index is 355. The van der Waals surface area contributed by atoms with Gasteiger partial charge in [-0.1, -0.05) is 50.8 Å². The Balaban J connectivity index is 3.00. The van der Waals surface area contributed by atoms with E-state index in [2.05, 4.69) is 43.1 Å². The van der Waals surface area contributed by atoms with Crippen molar-refractivity contribution < 1.29 is 0 Å². The molecule has 0 bridgehead atoms. The normalized spacial score (nSPS) is 12.1. The molecule has 0 saturated carbocycles. The Morgan fingerprint density at radius 3 is 2.71 bits per heavy atom. The molecule has 1 atom stereocenters. The molecule has 1 rings (SSSR count). The van der Waals surface area contributed by atoms with Crippen molar-refractivity contribution in [3.63, 3.8) is 0 Å². The Labute approximate surface area is 102 Å². The van der Waals surface area contributed by atoms with Crippen molar-refractivity contribution >= 4 is 31.9 Å². The molecule has 74 valence electrons. The summed E-state index contributed by atoms with van der Waals surface area (Å²) in [5.74, 6) is 2.72.